The first-order chi connectivity index (χ1) is 1.00. The summed E-state index contributed by atoms with van der Waals surface area (Å²) in [6, 6.07) is 0. The van der Waals surface area contributed by atoms with E-state index in [1.807, 2.05) is 0 Å². The summed E-state index contributed by atoms with van der Waals surface area (Å²) in [5, 5.41) is 0. The van der Waals surface area contributed by atoms with Crippen molar-refractivity contribution in [1.29, 1.82) is 0 Å². The van der Waals surface area contributed by atoms with Gasteiger partial charge in [-0.1, -0.05) is 29.7 Å². The highest BCUT2D eigenvalue weighted by molar-refractivity contribution is 2.51. The zero-order chi connectivity index (χ0) is 2.00. The molecule has 0 aromatic heterocycles. The molecule has 1 heteroatoms. The van der Waals surface area contributed by atoms with Crippen LogP contribution in [-0.4, -0.2) is 0 Å². The molecule has 0 aromatic rings. The van der Waals surface area contributed by atoms with Gasteiger partial charge < -0.3 is 6.14 Å². The van der Waals surface area contributed by atoms with Crippen LogP contribution in [-0.2, 0) is 0 Å². The fourth-order valence-corrected chi connectivity index (χ4v) is 0. The van der Waals surface area contributed by atoms with E-state index in [1.165, 1.54) is 0 Å². The van der Waals surface area contributed by atoms with Crippen LogP contribution in [0.2, 0.25) is 1.41 Å². The maximum absolute atomic E-state index is 5.25. The highest BCUT2D eigenvalue weighted by atomic mass is 14.0. The first kappa shape index (κ1) is 84.4. The maximum Gasteiger partial charge on any atom is 0.115 e. The van der Waals surface area contributed by atoms with Gasteiger partial charge in [0.2, 0.25) is 0 Å². The standard InChI is InChI=1S/4CH4.H3N/h4*1H4;1H3/i/hD. The van der Waals surface area contributed by atoms with Gasteiger partial charge in [-0.3, -0.25) is 0 Å². The summed E-state index contributed by atoms with van der Waals surface area (Å²) in [7, 11) is 0. The van der Waals surface area contributed by atoms with Crippen molar-refractivity contribution in [2.75, 3.05) is 0 Å². The Morgan fingerprint density at radius 2 is 0.800 bits per heavy atom. The lowest BCUT2D eigenvalue weighted by atomic mass is 12.0. The second-order valence-corrected chi connectivity index (χ2v) is 0. The zero-order valence-corrected chi connectivity index (χ0v) is 0.577. The van der Waals surface area contributed by atoms with Gasteiger partial charge in [0.05, 0.1) is 0 Å². The van der Waals surface area contributed by atoms with E-state index in [4.69, 9.17) is 1.41 Å². The molecule has 1 nitrogen and oxygen atoms in total. The SMILES string of the molecule is C.C.C.C.[2H]N. The molecule has 0 rings (SSSR count). The van der Waals surface area contributed by atoms with E-state index in [-0.39, 0.29) is 29.7 Å². The molecule has 0 aliphatic rings. The molecule has 0 bridgehead atoms. The van der Waals surface area contributed by atoms with Gasteiger partial charge in [-0.2, -0.15) is 0 Å². The highest BCUT2D eigenvalue weighted by Crippen LogP contribution is 0.147. The van der Waals surface area contributed by atoms with E-state index in [0.717, 1.165) is 0 Å². The Hall–Kier alpha value is -0.0400. The summed E-state index contributed by atoms with van der Waals surface area (Å²) >= 11 is 0. The lowest BCUT2D eigenvalue weighted by molar-refractivity contribution is 2.13. The monoisotopic (exact) mass is 82.2 g/mol. The molecular weight excluding hydrogens is 62.1 g/mol. The van der Waals surface area contributed by atoms with Crippen molar-refractivity contribution in [3.05, 3.63) is 0 Å². The Bertz CT molecular complexity index is 7.51. The van der Waals surface area contributed by atoms with Crippen molar-refractivity contribution in [3.8, 4) is 0 Å². The fourth-order valence-electron chi connectivity index (χ4n) is 0. The molecule has 40 valence electrons. The van der Waals surface area contributed by atoms with Gasteiger partial charge in [-0.25, -0.2) is 0 Å². The fraction of sp³-hybridized carbons (Fsp3) is 1.00. The summed E-state index contributed by atoms with van der Waals surface area (Å²) in [5.41, 5.74) is 0. The molecule has 5 heavy (non-hydrogen) atoms. The second kappa shape index (κ2) is 21700. The van der Waals surface area contributed by atoms with Crippen LogP contribution < -0.4 is 6.14 Å². The number of rotatable bonds is 0. The number of hydrogen-bond donors (Lipinski definition) is 1. The maximum atomic E-state index is 5.25. The van der Waals surface area contributed by atoms with Crippen molar-refractivity contribution in [2.24, 2.45) is 0 Å². The van der Waals surface area contributed by atoms with Gasteiger partial charge in [-0.15, -0.1) is 0 Å². The minimum atomic E-state index is 0. The van der Waals surface area contributed by atoms with E-state index in [9.17, 15) is 0 Å². The first-order valence-electron chi connectivity index (χ1n) is 0.577. The molecule has 0 amide bonds. The third kappa shape index (κ3) is 9510. The zero-order valence-electron chi connectivity index (χ0n) is 1.58. The smallest absolute Gasteiger partial charge is 0.115 e. The Morgan fingerprint density at radius 3 is 0.800 bits per heavy atom. The van der Waals surface area contributed by atoms with E-state index in [0.29, 0.717) is 0 Å². The second-order valence-electron chi connectivity index (χ2n) is 0. The van der Waals surface area contributed by atoms with Crippen molar-refractivity contribution in [2.45, 2.75) is 29.7 Å². The summed E-state index contributed by atoms with van der Waals surface area (Å²) < 4.78 is 5.25. The molecule has 0 spiro atoms. The molecule has 0 aliphatic heterocycles. The lowest BCUT2D eigenvalue weighted by Gasteiger charge is -0.344. The van der Waals surface area contributed by atoms with Crippen LogP contribution in [0.1, 0.15) is 29.7 Å². The predicted octanol–water partition coefficient (Wildman–Crippen LogP) is 2.71. The van der Waals surface area contributed by atoms with Gasteiger partial charge in [-0.05, 0) is 0 Å². The average molecular weight is 82.2 g/mol. The molecule has 0 radical (unpaired) electrons. The highest BCUT2D eigenvalue weighted by Gasteiger charge is -0.0745. The van der Waals surface area contributed by atoms with Crippen LogP contribution in [0, 0.1) is 0 Å². The van der Waals surface area contributed by atoms with E-state index in [2.05, 4.69) is 6.14 Å². The van der Waals surface area contributed by atoms with E-state index >= 15 is 0 Å². The van der Waals surface area contributed by atoms with Gasteiger partial charge in [0.1, 0.15) is 1.41 Å². The van der Waals surface area contributed by atoms with Crippen LogP contribution in [0.15, 0.2) is 0 Å². The van der Waals surface area contributed by atoms with E-state index < -0.39 is 0 Å². The quantitative estimate of drug-likeness (QED) is 0.479. The third-order valence-corrected chi connectivity index (χ3v) is 0. The minimum absolute atomic E-state index is 0. The molecular formula is C4H19N. The molecule has 3 N–H and O–H groups in total. The molecule has 0 atom stereocenters. The van der Waals surface area contributed by atoms with Crippen LogP contribution >= 0.6 is 0 Å². The van der Waals surface area contributed by atoms with Crippen LogP contribution in [0.5, 0.6) is 0 Å². The molecule has 0 unspecified atom stereocenters. The molecule has 0 aromatic carbocycles. The Morgan fingerprint density at radius 1 is 0.800 bits per heavy atom. The summed E-state index contributed by atoms with van der Waals surface area (Å²) in [6.07, 6.45) is 3.75. The first-order valence-corrected chi connectivity index (χ1v) is 0. The predicted molar refractivity (Wildman–Crippen MR) is 31.9 cm³/mol. The summed E-state index contributed by atoms with van der Waals surface area (Å²) in [5.74, 6) is 0. The Balaban J connectivity index is -0.000000000833. The van der Waals surface area contributed by atoms with E-state index in [1.54, 1.807) is 0 Å². The largest absolute Gasteiger partial charge is 0.344 e. The third-order valence-electron chi connectivity index (χ3n) is 0. The summed E-state index contributed by atoms with van der Waals surface area (Å²) in [4.78, 5) is 0. The van der Waals surface area contributed by atoms with Crippen molar-refractivity contribution < 1.29 is 1.41 Å². The Labute approximate surface area is 38.5 Å². The Kier molecular flexibility index (Phi) is 366000. The van der Waals surface area contributed by atoms with Gasteiger partial charge in [0, 0.05) is 0 Å². The molecule has 0 heterocycles. The summed E-state index contributed by atoms with van der Waals surface area (Å²) in [6.45, 7) is 0. The lowest BCUT2D eigenvalue weighted by Crippen LogP contribution is -0.481. The van der Waals surface area contributed by atoms with Crippen molar-refractivity contribution in [1.82, 2.24) is 6.14 Å². The number of hydrogen-bond acceptors (Lipinski definition) is 1. The van der Waals surface area contributed by atoms with Crippen LogP contribution in [0.4, 0.5) is 0 Å². The van der Waals surface area contributed by atoms with Crippen LogP contribution in [0.25, 0.3) is 0 Å². The van der Waals surface area contributed by atoms with Gasteiger partial charge in [0.25, 0.3) is 0 Å². The van der Waals surface area contributed by atoms with Crippen LogP contribution in [0.3, 0.4) is 0 Å². The molecule has 0 saturated heterocycles. The topological polar surface area (TPSA) is 35.0 Å². The van der Waals surface area contributed by atoms with Crippen molar-refractivity contribution >= 4 is 0 Å². The average Bonchev–Trinajstić information content (AvgIpc) is 1.00. The van der Waals surface area contributed by atoms with Crippen molar-refractivity contribution in [3.63, 3.8) is 0 Å². The normalized spacial score (nSPS) is 1.40. The molecule has 0 fully saturated rings. The van der Waals surface area contributed by atoms with Gasteiger partial charge >= 0.3 is 0 Å². The minimum Gasteiger partial charge on any atom is -0.344 e. The van der Waals surface area contributed by atoms with Gasteiger partial charge in [0.15, 0.2) is 0 Å². The molecule has 0 aliphatic carbocycles. The molecule has 0 saturated carbocycles.